The van der Waals surface area contributed by atoms with Crippen molar-refractivity contribution >= 4 is 11.6 Å². The number of likely N-dealkylation sites (tertiary alicyclic amines) is 1. The van der Waals surface area contributed by atoms with Crippen molar-refractivity contribution in [1.29, 1.82) is 0 Å². The van der Waals surface area contributed by atoms with Crippen molar-refractivity contribution in [3.05, 3.63) is 53.6 Å². The number of aliphatic hydroxyl groups excluding tert-OH is 1. The first-order chi connectivity index (χ1) is 11.7. The molecule has 0 amide bonds. The lowest BCUT2D eigenvalue weighted by Crippen LogP contribution is -2.40. The summed E-state index contributed by atoms with van der Waals surface area (Å²) in [5.41, 5.74) is 1.06. The maximum atomic E-state index is 10.2. The molecule has 0 spiro atoms. The van der Waals surface area contributed by atoms with Crippen LogP contribution in [-0.4, -0.2) is 51.9 Å². The monoisotopic (exact) mass is 349 g/mol. The SMILES string of the molecule is OC(COCc1ccc(Cl)cc1)CN1CCC(n2ccnc2)CC1. The highest BCUT2D eigenvalue weighted by Crippen LogP contribution is 2.22. The van der Waals surface area contributed by atoms with Crippen LogP contribution in [0.2, 0.25) is 5.02 Å². The fraction of sp³-hybridized carbons (Fsp3) is 0.500. The Morgan fingerprint density at radius 3 is 2.67 bits per heavy atom. The summed E-state index contributed by atoms with van der Waals surface area (Å²) in [6.45, 7) is 3.51. The molecule has 0 radical (unpaired) electrons. The highest BCUT2D eigenvalue weighted by molar-refractivity contribution is 6.30. The summed E-state index contributed by atoms with van der Waals surface area (Å²) in [5.74, 6) is 0. The number of benzene rings is 1. The number of aromatic nitrogens is 2. The standard InChI is InChI=1S/C18H24ClN3O2/c19-16-3-1-15(2-4-16)12-24-13-18(23)11-21-8-5-17(6-9-21)22-10-7-20-14-22/h1-4,7,10,14,17-18,23H,5-6,8-9,11-13H2. The van der Waals surface area contributed by atoms with Crippen LogP contribution in [0.25, 0.3) is 0 Å². The van der Waals surface area contributed by atoms with E-state index in [-0.39, 0.29) is 0 Å². The summed E-state index contributed by atoms with van der Waals surface area (Å²) in [6, 6.07) is 8.11. The van der Waals surface area contributed by atoms with Gasteiger partial charge in [0.2, 0.25) is 0 Å². The number of halogens is 1. The highest BCUT2D eigenvalue weighted by Gasteiger charge is 2.21. The number of aliphatic hydroxyl groups is 1. The molecule has 1 aliphatic heterocycles. The summed E-state index contributed by atoms with van der Waals surface area (Å²) < 4.78 is 7.79. The summed E-state index contributed by atoms with van der Waals surface area (Å²) >= 11 is 5.86. The van der Waals surface area contributed by atoms with Crippen molar-refractivity contribution in [2.75, 3.05) is 26.2 Å². The van der Waals surface area contributed by atoms with Gasteiger partial charge in [-0.05, 0) is 30.5 Å². The zero-order chi connectivity index (χ0) is 16.8. The molecule has 3 rings (SSSR count). The normalized spacial score (nSPS) is 17.9. The maximum Gasteiger partial charge on any atom is 0.0948 e. The number of ether oxygens (including phenoxy) is 1. The van der Waals surface area contributed by atoms with Crippen molar-refractivity contribution in [2.45, 2.75) is 31.6 Å². The van der Waals surface area contributed by atoms with Crippen LogP contribution < -0.4 is 0 Å². The predicted octanol–water partition coefficient (Wildman–Crippen LogP) is 2.75. The van der Waals surface area contributed by atoms with E-state index in [0.717, 1.165) is 36.5 Å². The van der Waals surface area contributed by atoms with Gasteiger partial charge in [-0.25, -0.2) is 4.98 Å². The van der Waals surface area contributed by atoms with E-state index in [1.165, 1.54) is 0 Å². The molecule has 24 heavy (non-hydrogen) atoms. The van der Waals surface area contributed by atoms with Crippen LogP contribution in [0.3, 0.4) is 0 Å². The van der Waals surface area contributed by atoms with Crippen LogP contribution in [-0.2, 0) is 11.3 Å². The average molecular weight is 350 g/mol. The Hall–Kier alpha value is -1.40. The van der Waals surface area contributed by atoms with Crippen LogP contribution in [0.1, 0.15) is 24.4 Å². The number of hydrogen-bond acceptors (Lipinski definition) is 4. The highest BCUT2D eigenvalue weighted by atomic mass is 35.5. The van der Waals surface area contributed by atoms with Crippen molar-refractivity contribution in [1.82, 2.24) is 14.5 Å². The van der Waals surface area contributed by atoms with E-state index in [2.05, 4.69) is 14.5 Å². The third-order valence-electron chi connectivity index (χ3n) is 4.46. The van der Waals surface area contributed by atoms with Crippen molar-refractivity contribution in [3.8, 4) is 0 Å². The van der Waals surface area contributed by atoms with Gasteiger partial charge >= 0.3 is 0 Å². The second-order valence-electron chi connectivity index (χ2n) is 6.34. The average Bonchev–Trinajstić information content (AvgIpc) is 3.12. The van der Waals surface area contributed by atoms with Gasteiger partial charge in [0.25, 0.3) is 0 Å². The quantitative estimate of drug-likeness (QED) is 0.835. The Morgan fingerprint density at radius 1 is 1.25 bits per heavy atom. The zero-order valence-electron chi connectivity index (χ0n) is 13.7. The fourth-order valence-electron chi connectivity index (χ4n) is 3.13. The Bertz CT molecular complexity index is 595. The molecule has 1 N–H and O–H groups in total. The molecule has 0 aliphatic carbocycles. The minimum atomic E-state index is -0.456. The van der Waals surface area contributed by atoms with Crippen LogP contribution in [0.5, 0.6) is 0 Å². The van der Waals surface area contributed by atoms with Crippen molar-refractivity contribution in [2.24, 2.45) is 0 Å². The molecule has 1 fully saturated rings. The molecule has 1 aliphatic rings. The molecule has 0 saturated carbocycles. The molecule has 1 saturated heterocycles. The number of β-amino-alcohol motifs (C(OH)–C–C–N with tert-alkyl or cyclic N) is 1. The second kappa shape index (κ2) is 8.62. The van der Waals surface area contributed by atoms with E-state index in [1.807, 2.05) is 43.0 Å². The number of piperidine rings is 1. The van der Waals surface area contributed by atoms with E-state index in [9.17, 15) is 5.11 Å². The van der Waals surface area contributed by atoms with Gasteiger partial charge in [0.1, 0.15) is 0 Å². The van der Waals surface area contributed by atoms with Gasteiger partial charge in [-0.1, -0.05) is 23.7 Å². The fourth-order valence-corrected chi connectivity index (χ4v) is 3.26. The van der Waals surface area contributed by atoms with E-state index in [4.69, 9.17) is 16.3 Å². The van der Waals surface area contributed by atoms with Crippen molar-refractivity contribution < 1.29 is 9.84 Å². The first-order valence-electron chi connectivity index (χ1n) is 8.41. The number of rotatable bonds is 7. The third kappa shape index (κ3) is 5.05. The van der Waals surface area contributed by atoms with Gasteiger partial charge in [0.05, 0.1) is 25.6 Å². The molecule has 1 unspecified atom stereocenters. The summed E-state index contributed by atoms with van der Waals surface area (Å²) in [6.07, 6.45) is 7.47. The molecule has 1 atom stereocenters. The smallest absolute Gasteiger partial charge is 0.0948 e. The lowest BCUT2D eigenvalue weighted by molar-refractivity contribution is 0.00487. The van der Waals surface area contributed by atoms with E-state index in [0.29, 0.717) is 25.8 Å². The van der Waals surface area contributed by atoms with E-state index in [1.54, 1.807) is 0 Å². The Labute approximate surface area is 147 Å². The number of hydrogen-bond donors (Lipinski definition) is 1. The largest absolute Gasteiger partial charge is 0.389 e. The lowest BCUT2D eigenvalue weighted by Gasteiger charge is -2.33. The maximum absolute atomic E-state index is 10.2. The van der Waals surface area contributed by atoms with Crippen molar-refractivity contribution in [3.63, 3.8) is 0 Å². The topological polar surface area (TPSA) is 50.5 Å². The first kappa shape index (κ1) is 17.4. The van der Waals surface area contributed by atoms with Crippen LogP contribution in [0, 0.1) is 0 Å². The van der Waals surface area contributed by atoms with Crippen LogP contribution in [0.15, 0.2) is 43.0 Å². The number of nitrogens with zero attached hydrogens (tertiary/aromatic N) is 3. The molecule has 130 valence electrons. The minimum Gasteiger partial charge on any atom is -0.389 e. The molecule has 2 heterocycles. The molecule has 1 aromatic carbocycles. The van der Waals surface area contributed by atoms with Gasteiger partial charge < -0.3 is 19.3 Å². The Balaban J connectivity index is 1.34. The molecular formula is C18H24ClN3O2. The van der Waals surface area contributed by atoms with Gasteiger partial charge in [-0.2, -0.15) is 0 Å². The number of imidazole rings is 1. The predicted molar refractivity (Wildman–Crippen MR) is 94.1 cm³/mol. The molecule has 2 aromatic rings. The van der Waals surface area contributed by atoms with E-state index < -0.39 is 6.10 Å². The van der Waals surface area contributed by atoms with Gasteiger partial charge in [0, 0.05) is 43.1 Å². The summed E-state index contributed by atoms with van der Waals surface area (Å²) in [4.78, 5) is 6.42. The zero-order valence-corrected chi connectivity index (χ0v) is 14.5. The molecule has 5 nitrogen and oxygen atoms in total. The summed E-state index contributed by atoms with van der Waals surface area (Å²) in [5, 5.41) is 10.9. The third-order valence-corrected chi connectivity index (χ3v) is 4.72. The van der Waals surface area contributed by atoms with Crippen LogP contribution >= 0.6 is 11.6 Å². The second-order valence-corrected chi connectivity index (χ2v) is 6.77. The molecule has 1 aromatic heterocycles. The molecular weight excluding hydrogens is 326 g/mol. The minimum absolute atomic E-state index is 0.351. The van der Waals surface area contributed by atoms with E-state index >= 15 is 0 Å². The Morgan fingerprint density at radius 2 is 2.00 bits per heavy atom. The van der Waals surface area contributed by atoms with Crippen LogP contribution in [0.4, 0.5) is 0 Å². The summed E-state index contributed by atoms with van der Waals surface area (Å²) in [7, 11) is 0. The van der Waals surface area contributed by atoms with Gasteiger partial charge in [-0.15, -0.1) is 0 Å². The molecule has 0 bridgehead atoms. The lowest BCUT2D eigenvalue weighted by atomic mass is 10.0. The first-order valence-corrected chi connectivity index (χ1v) is 8.78. The van der Waals surface area contributed by atoms with Gasteiger partial charge in [-0.3, -0.25) is 0 Å². The Kier molecular flexibility index (Phi) is 6.26. The molecule has 6 heteroatoms. The van der Waals surface area contributed by atoms with Gasteiger partial charge in [0.15, 0.2) is 0 Å².